The Morgan fingerprint density at radius 2 is 2.00 bits per heavy atom. The highest BCUT2D eigenvalue weighted by molar-refractivity contribution is 5.77. The van der Waals surface area contributed by atoms with Crippen molar-refractivity contribution in [2.75, 3.05) is 0 Å². The van der Waals surface area contributed by atoms with Crippen molar-refractivity contribution >= 4 is 12.7 Å². The van der Waals surface area contributed by atoms with Crippen LogP contribution in [0.2, 0.25) is 0 Å². The summed E-state index contributed by atoms with van der Waals surface area (Å²) in [6, 6.07) is -0.204. The minimum absolute atomic E-state index is 0.0136. The summed E-state index contributed by atoms with van der Waals surface area (Å²) in [4.78, 5) is 21.4. The Morgan fingerprint density at radius 3 is 2.47 bits per heavy atom. The van der Waals surface area contributed by atoms with Gasteiger partial charge in [-0.15, -0.1) is 0 Å². The summed E-state index contributed by atoms with van der Waals surface area (Å²) in [5.74, 6) is 0.146. The number of carbonyl (C=O) groups is 2. The van der Waals surface area contributed by atoms with E-state index in [1.165, 1.54) is 0 Å². The van der Waals surface area contributed by atoms with Crippen LogP contribution in [0.1, 0.15) is 20.8 Å². The molecule has 0 aliphatic heterocycles. The van der Waals surface area contributed by atoms with Gasteiger partial charge in [-0.1, -0.05) is 39.0 Å². The summed E-state index contributed by atoms with van der Waals surface area (Å²) in [6.07, 6.45) is 7.12. The normalized spacial score (nSPS) is 25.7. The molecule has 0 heterocycles. The number of rotatable bonds is 3. The second-order valence-electron chi connectivity index (χ2n) is 4.82. The fourth-order valence-electron chi connectivity index (χ4n) is 1.88. The zero-order valence-corrected chi connectivity index (χ0v) is 9.36. The minimum Gasteiger partial charge on any atom is -0.351 e. The van der Waals surface area contributed by atoms with Crippen LogP contribution in [0, 0.1) is 11.3 Å². The van der Waals surface area contributed by atoms with Crippen molar-refractivity contribution in [3.63, 3.8) is 0 Å². The molecule has 15 heavy (non-hydrogen) atoms. The van der Waals surface area contributed by atoms with Crippen LogP contribution in [0.4, 0.5) is 0 Å². The number of aldehydes is 1. The number of nitrogens with one attached hydrogen (secondary N) is 1. The first kappa shape index (κ1) is 11.7. The highest BCUT2D eigenvalue weighted by Crippen LogP contribution is 2.34. The van der Waals surface area contributed by atoms with Crippen LogP contribution in [0.15, 0.2) is 23.8 Å². The van der Waals surface area contributed by atoms with E-state index in [2.05, 4.69) is 26.1 Å². The van der Waals surface area contributed by atoms with Gasteiger partial charge in [0, 0.05) is 11.5 Å². The first-order chi connectivity index (χ1) is 7.00. The topological polar surface area (TPSA) is 46.2 Å². The Balaban J connectivity index is 2.98. The average Bonchev–Trinajstić information content (AvgIpc) is 2.17. The monoisotopic (exact) mass is 207 g/mol. The van der Waals surface area contributed by atoms with Crippen molar-refractivity contribution in [2.45, 2.75) is 26.8 Å². The van der Waals surface area contributed by atoms with Gasteiger partial charge in [-0.25, -0.2) is 0 Å². The molecule has 0 aromatic carbocycles. The summed E-state index contributed by atoms with van der Waals surface area (Å²) in [5, 5.41) is 2.71. The number of hydrogen-bond acceptors (Lipinski definition) is 2. The lowest BCUT2D eigenvalue weighted by atomic mass is 9.72. The maximum absolute atomic E-state index is 10.9. The summed E-state index contributed by atoms with van der Waals surface area (Å²) >= 11 is 0. The zero-order chi connectivity index (χ0) is 11.5. The zero-order valence-electron chi connectivity index (χ0n) is 9.36. The van der Waals surface area contributed by atoms with Gasteiger partial charge >= 0.3 is 0 Å². The molecule has 2 atom stereocenters. The summed E-state index contributed by atoms with van der Waals surface area (Å²) < 4.78 is 0. The van der Waals surface area contributed by atoms with Crippen LogP contribution in [0.25, 0.3) is 0 Å². The maximum Gasteiger partial charge on any atom is 0.207 e. The first-order valence-corrected chi connectivity index (χ1v) is 5.04. The SMILES string of the molecule is CC(C)(C)C1C=CC=C(C=O)C1NC=O. The molecule has 1 aliphatic rings. The van der Waals surface area contributed by atoms with Gasteiger partial charge in [0.1, 0.15) is 6.29 Å². The standard InChI is InChI=1S/C12H17NO2/c1-12(2,3)10-6-4-5-9(7-14)11(10)13-8-15/h4-8,10-11H,1-3H3,(H,13,15). The number of amides is 1. The second-order valence-corrected chi connectivity index (χ2v) is 4.82. The van der Waals surface area contributed by atoms with Crippen molar-refractivity contribution in [3.8, 4) is 0 Å². The predicted molar refractivity (Wildman–Crippen MR) is 59.2 cm³/mol. The van der Waals surface area contributed by atoms with E-state index in [9.17, 15) is 9.59 Å². The lowest BCUT2D eigenvalue weighted by Gasteiger charge is -2.36. The molecule has 82 valence electrons. The Bertz CT molecular complexity index is 310. The largest absolute Gasteiger partial charge is 0.351 e. The van der Waals surface area contributed by atoms with Crippen molar-refractivity contribution in [1.29, 1.82) is 0 Å². The summed E-state index contributed by atoms with van der Waals surface area (Å²) in [6.45, 7) is 6.28. The fraction of sp³-hybridized carbons (Fsp3) is 0.500. The molecule has 0 saturated heterocycles. The molecule has 0 aromatic rings. The molecule has 3 heteroatoms. The molecule has 0 spiro atoms. The maximum atomic E-state index is 10.9. The van der Waals surface area contributed by atoms with Gasteiger partial charge in [0.05, 0.1) is 6.04 Å². The second kappa shape index (κ2) is 4.43. The lowest BCUT2D eigenvalue weighted by molar-refractivity contribution is -0.110. The Hall–Kier alpha value is -1.38. The molecule has 2 unspecified atom stereocenters. The van der Waals surface area contributed by atoms with Crippen LogP contribution in [0.5, 0.6) is 0 Å². The van der Waals surface area contributed by atoms with E-state index in [4.69, 9.17) is 0 Å². The van der Waals surface area contributed by atoms with Gasteiger partial charge in [0.2, 0.25) is 6.41 Å². The first-order valence-electron chi connectivity index (χ1n) is 5.04. The number of carbonyl (C=O) groups excluding carboxylic acids is 2. The van der Waals surface area contributed by atoms with Gasteiger partial charge in [-0.05, 0) is 5.41 Å². The number of allylic oxidation sites excluding steroid dienone is 2. The highest BCUT2D eigenvalue weighted by atomic mass is 16.1. The van der Waals surface area contributed by atoms with E-state index in [0.29, 0.717) is 12.0 Å². The van der Waals surface area contributed by atoms with Crippen LogP contribution in [0.3, 0.4) is 0 Å². The predicted octanol–water partition coefficient (Wildman–Crippen LogP) is 1.46. The highest BCUT2D eigenvalue weighted by Gasteiger charge is 2.33. The molecule has 1 N–H and O–H groups in total. The van der Waals surface area contributed by atoms with Crippen LogP contribution < -0.4 is 5.32 Å². The molecule has 0 radical (unpaired) electrons. The quantitative estimate of drug-likeness (QED) is 0.712. The van der Waals surface area contributed by atoms with Gasteiger partial charge in [0.25, 0.3) is 0 Å². The van der Waals surface area contributed by atoms with Crippen molar-refractivity contribution in [2.24, 2.45) is 11.3 Å². The minimum atomic E-state index is -0.204. The van der Waals surface area contributed by atoms with E-state index >= 15 is 0 Å². The third-order valence-corrected chi connectivity index (χ3v) is 2.71. The smallest absolute Gasteiger partial charge is 0.207 e. The molecule has 0 fully saturated rings. The molecular weight excluding hydrogens is 190 g/mol. The van der Waals surface area contributed by atoms with Gasteiger partial charge in [-0.2, -0.15) is 0 Å². The van der Waals surface area contributed by atoms with E-state index in [0.717, 1.165) is 6.29 Å². The van der Waals surface area contributed by atoms with Gasteiger partial charge in [-0.3, -0.25) is 9.59 Å². The van der Waals surface area contributed by atoms with E-state index in [1.54, 1.807) is 6.08 Å². The molecule has 1 amide bonds. The van der Waals surface area contributed by atoms with E-state index in [1.807, 2.05) is 12.2 Å². The van der Waals surface area contributed by atoms with Gasteiger partial charge < -0.3 is 5.32 Å². The molecule has 0 bridgehead atoms. The molecule has 0 saturated carbocycles. The van der Waals surface area contributed by atoms with Gasteiger partial charge in [0.15, 0.2) is 0 Å². The summed E-state index contributed by atoms with van der Waals surface area (Å²) in [5.41, 5.74) is 0.643. The van der Waals surface area contributed by atoms with Crippen molar-refractivity contribution in [3.05, 3.63) is 23.8 Å². The third kappa shape index (κ3) is 2.55. The van der Waals surface area contributed by atoms with Crippen LogP contribution in [-0.4, -0.2) is 18.7 Å². The van der Waals surface area contributed by atoms with Crippen LogP contribution in [-0.2, 0) is 9.59 Å². The molecular formula is C12H17NO2. The Morgan fingerprint density at radius 1 is 1.33 bits per heavy atom. The van der Waals surface area contributed by atoms with E-state index in [-0.39, 0.29) is 17.4 Å². The third-order valence-electron chi connectivity index (χ3n) is 2.71. The van der Waals surface area contributed by atoms with E-state index < -0.39 is 0 Å². The average molecular weight is 207 g/mol. The fourth-order valence-corrected chi connectivity index (χ4v) is 1.88. The summed E-state index contributed by atoms with van der Waals surface area (Å²) in [7, 11) is 0. The molecule has 3 nitrogen and oxygen atoms in total. The molecule has 1 aliphatic carbocycles. The lowest BCUT2D eigenvalue weighted by Crippen LogP contribution is -2.43. The van der Waals surface area contributed by atoms with Crippen molar-refractivity contribution < 1.29 is 9.59 Å². The Kier molecular flexibility index (Phi) is 3.45. The molecule has 1 rings (SSSR count). The van der Waals surface area contributed by atoms with Crippen molar-refractivity contribution in [1.82, 2.24) is 5.32 Å². The Labute approximate surface area is 90.2 Å². The molecule has 0 aromatic heterocycles. The number of hydrogen-bond donors (Lipinski definition) is 1. The van der Waals surface area contributed by atoms with Crippen LogP contribution >= 0.6 is 0 Å².